The van der Waals surface area contributed by atoms with Crippen molar-refractivity contribution in [2.24, 2.45) is 12.0 Å². The molecule has 8 nitrogen and oxygen atoms in total. The van der Waals surface area contributed by atoms with Gasteiger partial charge in [0, 0.05) is 30.1 Å². The monoisotopic (exact) mass is 486 g/mol. The minimum Gasteiger partial charge on any atom is -0.497 e. The average molecular weight is 487 g/mol. The van der Waals surface area contributed by atoms with Crippen molar-refractivity contribution >= 4 is 32.8 Å². The minimum atomic E-state index is 0.456. The first kappa shape index (κ1) is 22.3. The largest absolute Gasteiger partial charge is 0.497 e. The number of imidazole rings is 1. The maximum Gasteiger partial charge on any atom is 0.226 e. The van der Waals surface area contributed by atoms with Crippen molar-refractivity contribution in [1.29, 1.82) is 5.26 Å². The summed E-state index contributed by atoms with van der Waals surface area (Å²) in [5.41, 5.74) is 6.79. The van der Waals surface area contributed by atoms with Crippen LogP contribution in [-0.2, 0) is 7.05 Å². The molecule has 0 saturated carbocycles. The number of nitriles is 1. The molecule has 37 heavy (non-hydrogen) atoms. The van der Waals surface area contributed by atoms with E-state index < -0.39 is 0 Å². The van der Waals surface area contributed by atoms with Crippen molar-refractivity contribution in [3.8, 4) is 34.5 Å². The fraction of sp³-hybridized carbons (Fsp3) is 0.103. The van der Waals surface area contributed by atoms with Crippen molar-refractivity contribution in [2.45, 2.75) is 0 Å². The van der Waals surface area contributed by atoms with Gasteiger partial charge in [0.05, 0.1) is 48.2 Å². The van der Waals surface area contributed by atoms with Gasteiger partial charge in [0.15, 0.2) is 0 Å². The minimum absolute atomic E-state index is 0.456. The third kappa shape index (κ3) is 3.56. The molecule has 180 valence electrons. The Morgan fingerprint density at radius 3 is 2.49 bits per heavy atom. The van der Waals surface area contributed by atoms with Crippen molar-refractivity contribution in [1.82, 2.24) is 19.1 Å². The number of aromatic nitrogens is 4. The molecule has 3 aromatic heterocycles. The van der Waals surface area contributed by atoms with Gasteiger partial charge in [-0.05, 0) is 53.6 Å². The molecule has 0 unspecified atom stereocenters. The lowest BCUT2D eigenvalue weighted by Crippen LogP contribution is -2.23. The van der Waals surface area contributed by atoms with E-state index in [9.17, 15) is 5.26 Å². The third-order valence-corrected chi connectivity index (χ3v) is 6.62. The van der Waals surface area contributed by atoms with Crippen molar-refractivity contribution in [3.05, 3.63) is 84.7 Å². The molecule has 0 amide bonds. The molecule has 6 aromatic rings. The molecule has 0 radical (unpaired) electrons. The van der Waals surface area contributed by atoms with Gasteiger partial charge in [0.2, 0.25) is 11.8 Å². The van der Waals surface area contributed by atoms with Crippen molar-refractivity contribution < 1.29 is 9.47 Å². The number of methoxy groups -OCH3 is 2. The quantitative estimate of drug-likeness (QED) is 0.322. The maximum absolute atomic E-state index is 9.53. The summed E-state index contributed by atoms with van der Waals surface area (Å²) in [5.74, 6) is 1.26. The number of fused-ring (bicyclic) bond motifs is 4. The first-order valence-corrected chi connectivity index (χ1v) is 11.6. The molecule has 0 aliphatic heterocycles. The number of hydrogen-bond acceptors (Lipinski definition) is 6. The van der Waals surface area contributed by atoms with Crippen LogP contribution in [0.15, 0.2) is 84.1 Å². The molecular formula is C29H22N6O2. The number of aryl methyl sites for hydroxylation is 1. The second-order valence-corrected chi connectivity index (χ2v) is 8.58. The average Bonchev–Trinajstić information content (AvgIpc) is 3.23. The van der Waals surface area contributed by atoms with Crippen LogP contribution >= 0.6 is 0 Å². The van der Waals surface area contributed by atoms with Gasteiger partial charge < -0.3 is 14.0 Å². The molecule has 8 heteroatoms. The van der Waals surface area contributed by atoms with Crippen LogP contribution in [0.2, 0.25) is 0 Å². The zero-order valence-corrected chi connectivity index (χ0v) is 20.5. The van der Waals surface area contributed by atoms with E-state index in [1.807, 2.05) is 65.0 Å². The highest BCUT2D eigenvalue weighted by Gasteiger charge is 2.19. The van der Waals surface area contributed by atoms with Crippen LogP contribution in [0.1, 0.15) is 0 Å². The molecule has 0 atom stereocenters. The normalized spacial score (nSPS) is 11.8. The summed E-state index contributed by atoms with van der Waals surface area (Å²) < 4.78 is 14.9. The summed E-state index contributed by atoms with van der Waals surface area (Å²) in [6.07, 6.45) is 5.55. The molecular weight excluding hydrogens is 464 g/mol. The number of benzene rings is 3. The Bertz CT molecular complexity index is 1940. The summed E-state index contributed by atoms with van der Waals surface area (Å²) >= 11 is 0. The van der Waals surface area contributed by atoms with Gasteiger partial charge in [-0.1, -0.05) is 18.2 Å². The van der Waals surface area contributed by atoms with E-state index in [2.05, 4.69) is 40.3 Å². The van der Waals surface area contributed by atoms with E-state index >= 15 is 0 Å². The number of hydrogen-bond donors (Lipinski definition) is 0. The number of rotatable bonds is 4. The second-order valence-electron chi connectivity index (χ2n) is 8.58. The van der Waals surface area contributed by atoms with Gasteiger partial charge in [-0.25, -0.2) is 0 Å². The van der Waals surface area contributed by atoms with Crippen LogP contribution < -0.4 is 15.1 Å². The number of ether oxygens (including phenoxy) is 2. The Hall–Kier alpha value is -5.16. The summed E-state index contributed by atoms with van der Waals surface area (Å²) in [4.78, 5) is 13.3. The summed E-state index contributed by atoms with van der Waals surface area (Å²) in [7, 11) is 5.09. The standard InChI is InChI=1S/C29H22N6O2/c1-34-26-16-32-24-10-7-19(18-6-9-23-20(13-18)5-4-12-31-23)14-22(24)28(26)35(29(34)33-17-30)25-11-8-21(36-2)15-27(25)37-3/h4-16H,1-3H3/b33-29-. The molecule has 0 aliphatic rings. The molecule has 0 spiro atoms. The molecule has 3 heterocycles. The highest BCUT2D eigenvalue weighted by Crippen LogP contribution is 2.34. The lowest BCUT2D eigenvalue weighted by molar-refractivity contribution is 0.393. The number of nitrogens with zero attached hydrogens (tertiary/aromatic N) is 6. The molecule has 0 N–H and O–H groups in total. The fourth-order valence-electron chi connectivity index (χ4n) is 4.81. The van der Waals surface area contributed by atoms with E-state index in [0.717, 1.165) is 49.7 Å². The highest BCUT2D eigenvalue weighted by atomic mass is 16.5. The van der Waals surface area contributed by atoms with E-state index in [1.54, 1.807) is 20.4 Å². The smallest absolute Gasteiger partial charge is 0.226 e. The Morgan fingerprint density at radius 2 is 1.70 bits per heavy atom. The highest BCUT2D eigenvalue weighted by molar-refractivity contribution is 6.05. The van der Waals surface area contributed by atoms with Crippen LogP contribution in [0.3, 0.4) is 0 Å². The first-order valence-electron chi connectivity index (χ1n) is 11.6. The Balaban J connectivity index is 1.70. The lowest BCUT2D eigenvalue weighted by Gasteiger charge is -2.13. The summed E-state index contributed by atoms with van der Waals surface area (Å²) in [5, 5.41) is 11.5. The van der Waals surface area contributed by atoms with Crippen LogP contribution in [0.5, 0.6) is 11.5 Å². The molecule has 0 bridgehead atoms. The van der Waals surface area contributed by atoms with Crippen LogP contribution in [0.4, 0.5) is 0 Å². The fourth-order valence-corrected chi connectivity index (χ4v) is 4.81. The van der Waals surface area contributed by atoms with Gasteiger partial charge in [0.25, 0.3) is 0 Å². The Labute approximate surface area is 212 Å². The van der Waals surface area contributed by atoms with Gasteiger partial charge in [0.1, 0.15) is 11.5 Å². The predicted molar refractivity (Wildman–Crippen MR) is 143 cm³/mol. The Kier molecular flexibility index (Phi) is 5.31. The molecule has 0 aliphatic carbocycles. The van der Waals surface area contributed by atoms with Crippen LogP contribution in [0.25, 0.3) is 49.7 Å². The maximum atomic E-state index is 9.53. The van der Waals surface area contributed by atoms with E-state index in [0.29, 0.717) is 17.1 Å². The molecule has 0 saturated heterocycles. The van der Waals surface area contributed by atoms with Crippen molar-refractivity contribution in [2.75, 3.05) is 14.2 Å². The first-order chi connectivity index (χ1) is 18.1. The second kappa shape index (κ2) is 8.81. The van der Waals surface area contributed by atoms with Crippen LogP contribution in [0, 0.1) is 11.5 Å². The van der Waals surface area contributed by atoms with Gasteiger partial charge in [-0.3, -0.25) is 14.5 Å². The molecule has 6 rings (SSSR count). The topological polar surface area (TPSA) is 90.2 Å². The van der Waals surface area contributed by atoms with Crippen molar-refractivity contribution in [3.63, 3.8) is 0 Å². The zero-order chi connectivity index (χ0) is 25.5. The van der Waals surface area contributed by atoms with Gasteiger partial charge in [-0.2, -0.15) is 5.26 Å². The SMILES string of the molecule is COc1ccc(-n2/c(=N\C#N)n(C)c3cnc4ccc(-c5ccc6ncccc6c5)cc4c32)c(OC)c1. The van der Waals surface area contributed by atoms with E-state index in [-0.39, 0.29) is 0 Å². The van der Waals surface area contributed by atoms with Gasteiger partial charge in [-0.15, -0.1) is 4.99 Å². The molecule has 0 fully saturated rings. The van der Waals surface area contributed by atoms with E-state index in [1.165, 1.54) is 0 Å². The zero-order valence-electron chi connectivity index (χ0n) is 20.5. The predicted octanol–water partition coefficient (Wildman–Crippen LogP) is 5.13. The summed E-state index contributed by atoms with van der Waals surface area (Å²) in [6.45, 7) is 0. The number of pyridine rings is 2. The van der Waals surface area contributed by atoms with Gasteiger partial charge >= 0.3 is 0 Å². The lowest BCUT2D eigenvalue weighted by atomic mass is 10.0. The third-order valence-electron chi connectivity index (χ3n) is 6.62. The Morgan fingerprint density at radius 1 is 0.892 bits per heavy atom. The van der Waals surface area contributed by atoms with E-state index in [4.69, 9.17) is 14.5 Å². The van der Waals surface area contributed by atoms with Crippen LogP contribution in [-0.4, -0.2) is 33.3 Å². The molecule has 3 aromatic carbocycles. The summed E-state index contributed by atoms with van der Waals surface area (Å²) in [6, 6.07) is 22.0.